The summed E-state index contributed by atoms with van der Waals surface area (Å²) >= 11 is 0. The zero-order chi connectivity index (χ0) is 16.1. The van der Waals surface area contributed by atoms with Crippen LogP contribution in [0, 0.1) is 11.7 Å². The summed E-state index contributed by atoms with van der Waals surface area (Å²) in [7, 11) is 0. The fourth-order valence-corrected chi connectivity index (χ4v) is 2.60. The number of hydrogen-bond donors (Lipinski definition) is 0. The molecule has 2 amide bonds. The highest BCUT2D eigenvalue weighted by molar-refractivity contribution is 5.79. The lowest BCUT2D eigenvalue weighted by Gasteiger charge is -2.35. The maximum Gasteiger partial charge on any atom is 0.225 e. The molecule has 0 aromatic heterocycles. The van der Waals surface area contributed by atoms with Crippen molar-refractivity contribution < 1.29 is 14.0 Å². The number of carbonyl (C=O) groups is 2. The van der Waals surface area contributed by atoms with E-state index in [2.05, 4.69) is 0 Å². The molecule has 5 heteroatoms. The first-order valence-electron chi connectivity index (χ1n) is 7.78. The van der Waals surface area contributed by atoms with Crippen LogP contribution in [0.5, 0.6) is 0 Å². The van der Waals surface area contributed by atoms with Crippen molar-refractivity contribution in [2.75, 3.05) is 26.2 Å². The van der Waals surface area contributed by atoms with E-state index in [1.165, 1.54) is 12.1 Å². The van der Waals surface area contributed by atoms with Gasteiger partial charge in [-0.15, -0.1) is 0 Å². The Morgan fingerprint density at radius 3 is 2.14 bits per heavy atom. The van der Waals surface area contributed by atoms with E-state index >= 15 is 0 Å². The van der Waals surface area contributed by atoms with Crippen LogP contribution in [0.15, 0.2) is 24.3 Å². The second-order valence-corrected chi connectivity index (χ2v) is 5.99. The van der Waals surface area contributed by atoms with Gasteiger partial charge in [0.2, 0.25) is 11.8 Å². The molecule has 1 fully saturated rings. The number of piperazine rings is 1. The molecule has 1 aromatic carbocycles. The van der Waals surface area contributed by atoms with Crippen LogP contribution in [0.3, 0.4) is 0 Å². The first-order valence-corrected chi connectivity index (χ1v) is 7.78. The van der Waals surface area contributed by atoms with E-state index in [1.54, 1.807) is 12.1 Å². The van der Waals surface area contributed by atoms with Crippen LogP contribution in [0.2, 0.25) is 0 Å². The van der Waals surface area contributed by atoms with Gasteiger partial charge in [0, 0.05) is 38.5 Å². The van der Waals surface area contributed by atoms with Crippen molar-refractivity contribution in [2.45, 2.75) is 26.7 Å². The Hall–Kier alpha value is -1.91. The van der Waals surface area contributed by atoms with Crippen molar-refractivity contribution >= 4 is 11.8 Å². The highest BCUT2D eigenvalue weighted by Gasteiger charge is 2.24. The molecule has 1 aliphatic rings. The molecule has 120 valence electrons. The second kappa shape index (κ2) is 7.38. The quantitative estimate of drug-likeness (QED) is 0.854. The van der Waals surface area contributed by atoms with Crippen molar-refractivity contribution in [2.24, 2.45) is 5.92 Å². The molecule has 0 N–H and O–H groups in total. The molecule has 0 saturated carbocycles. The van der Waals surface area contributed by atoms with Crippen molar-refractivity contribution in [1.29, 1.82) is 0 Å². The maximum atomic E-state index is 12.8. The molecular weight excluding hydrogens is 283 g/mol. The third kappa shape index (κ3) is 4.29. The molecular formula is C17H23FN2O2. The second-order valence-electron chi connectivity index (χ2n) is 5.99. The minimum atomic E-state index is -0.263. The van der Waals surface area contributed by atoms with Crippen molar-refractivity contribution in [1.82, 2.24) is 9.80 Å². The number of aryl methyl sites for hydroxylation is 1. The van der Waals surface area contributed by atoms with Crippen LogP contribution in [0.4, 0.5) is 4.39 Å². The maximum absolute atomic E-state index is 12.8. The fourth-order valence-electron chi connectivity index (χ4n) is 2.60. The Labute approximate surface area is 130 Å². The molecule has 0 radical (unpaired) electrons. The minimum absolute atomic E-state index is 0.000674. The molecule has 0 atom stereocenters. The zero-order valence-corrected chi connectivity index (χ0v) is 13.2. The highest BCUT2D eigenvalue weighted by atomic mass is 19.1. The van der Waals surface area contributed by atoms with Gasteiger partial charge in [0.15, 0.2) is 0 Å². The summed E-state index contributed by atoms with van der Waals surface area (Å²) in [6.45, 7) is 6.20. The van der Waals surface area contributed by atoms with Gasteiger partial charge in [-0.2, -0.15) is 0 Å². The summed E-state index contributed by atoms with van der Waals surface area (Å²) < 4.78 is 12.8. The van der Waals surface area contributed by atoms with E-state index in [4.69, 9.17) is 0 Å². The predicted octanol–water partition coefficient (Wildman–Crippen LogP) is 2.09. The number of rotatable bonds is 4. The predicted molar refractivity (Wildman–Crippen MR) is 82.7 cm³/mol. The average molecular weight is 306 g/mol. The largest absolute Gasteiger partial charge is 0.339 e. The van der Waals surface area contributed by atoms with Crippen molar-refractivity contribution in [3.63, 3.8) is 0 Å². The molecule has 2 rings (SSSR count). The number of halogens is 1. The number of nitrogens with zero attached hydrogens (tertiary/aromatic N) is 2. The van der Waals surface area contributed by atoms with Gasteiger partial charge in [0.25, 0.3) is 0 Å². The van der Waals surface area contributed by atoms with E-state index in [1.807, 2.05) is 23.6 Å². The van der Waals surface area contributed by atoms with Crippen molar-refractivity contribution in [3.05, 3.63) is 35.6 Å². The summed E-state index contributed by atoms with van der Waals surface area (Å²) in [6.07, 6.45) is 1.04. The first kappa shape index (κ1) is 16.5. The van der Waals surface area contributed by atoms with Crippen molar-refractivity contribution in [3.8, 4) is 0 Å². The molecule has 0 aliphatic carbocycles. The summed E-state index contributed by atoms with van der Waals surface area (Å²) in [5.74, 6) is -0.0128. The Kier molecular flexibility index (Phi) is 5.52. The summed E-state index contributed by atoms with van der Waals surface area (Å²) in [6, 6.07) is 6.25. The normalized spacial score (nSPS) is 15.3. The number of benzene rings is 1. The fraction of sp³-hybridized carbons (Fsp3) is 0.529. The van der Waals surface area contributed by atoms with Gasteiger partial charge < -0.3 is 9.80 Å². The van der Waals surface area contributed by atoms with Crippen LogP contribution in [-0.4, -0.2) is 47.8 Å². The SMILES string of the molecule is CC(C)C(=O)N1CCN(C(=O)CCc2ccc(F)cc2)CC1. The Morgan fingerprint density at radius 1 is 1.05 bits per heavy atom. The third-order valence-electron chi connectivity index (χ3n) is 3.98. The Morgan fingerprint density at radius 2 is 1.59 bits per heavy atom. The monoisotopic (exact) mass is 306 g/mol. The summed E-state index contributed by atoms with van der Waals surface area (Å²) in [4.78, 5) is 27.7. The lowest BCUT2D eigenvalue weighted by atomic mass is 10.1. The van der Waals surface area contributed by atoms with Gasteiger partial charge in [-0.1, -0.05) is 26.0 Å². The molecule has 1 aromatic rings. The lowest BCUT2D eigenvalue weighted by molar-refractivity contribution is -0.141. The Bertz CT molecular complexity index is 520. The molecule has 0 bridgehead atoms. The first-order chi connectivity index (χ1) is 10.5. The smallest absolute Gasteiger partial charge is 0.225 e. The lowest BCUT2D eigenvalue weighted by Crippen LogP contribution is -2.51. The standard InChI is InChI=1S/C17H23FN2O2/c1-13(2)17(22)20-11-9-19(10-12-20)16(21)8-5-14-3-6-15(18)7-4-14/h3-4,6-7,13H,5,8-12H2,1-2H3. The van der Waals surface area contributed by atoms with Gasteiger partial charge in [0.1, 0.15) is 5.82 Å². The van der Waals surface area contributed by atoms with Gasteiger partial charge in [-0.05, 0) is 24.1 Å². The number of carbonyl (C=O) groups excluding carboxylic acids is 2. The van der Waals surface area contributed by atoms with Gasteiger partial charge in [-0.25, -0.2) is 4.39 Å². The van der Waals surface area contributed by atoms with E-state index < -0.39 is 0 Å². The highest BCUT2D eigenvalue weighted by Crippen LogP contribution is 2.10. The Balaban J connectivity index is 1.77. The molecule has 0 spiro atoms. The molecule has 1 heterocycles. The topological polar surface area (TPSA) is 40.6 Å². The van der Waals surface area contributed by atoms with Crippen LogP contribution >= 0.6 is 0 Å². The van der Waals surface area contributed by atoms with E-state index in [0.29, 0.717) is 39.0 Å². The molecule has 0 unspecified atom stereocenters. The molecule has 22 heavy (non-hydrogen) atoms. The number of hydrogen-bond acceptors (Lipinski definition) is 2. The van der Waals surface area contributed by atoms with Crippen LogP contribution in [0.1, 0.15) is 25.8 Å². The van der Waals surface area contributed by atoms with Crippen LogP contribution in [0.25, 0.3) is 0 Å². The van der Waals surface area contributed by atoms with Gasteiger partial charge in [0.05, 0.1) is 0 Å². The van der Waals surface area contributed by atoms with Gasteiger partial charge in [-0.3, -0.25) is 9.59 Å². The summed E-state index contributed by atoms with van der Waals surface area (Å²) in [5, 5.41) is 0. The van der Waals surface area contributed by atoms with Crippen LogP contribution < -0.4 is 0 Å². The van der Waals surface area contributed by atoms with Crippen LogP contribution in [-0.2, 0) is 16.0 Å². The minimum Gasteiger partial charge on any atom is -0.339 e. The zero-order valence-electron chi connectivity index (χ0n) is 13.2. The molecule has 4 nitrogen and oxygen atoms in total. The van der Waals surface area contributed by atoms with Gasteiger partial charge >= 0.3 is 0 Å². The molecule has 1 saturated heterocycles. The van der Waals surface area contributed by atoms with E-state index in [0.717, 1.165) is 5.56 Å². The molecule has 1 aliphatic heterocycles. The average Bonchev–Trinajstić information content (AvgIpc) is 2.53. The summed E-state index contributed by atoms with van der Waals surface area (Å²) in [5.41, 5.74) is 0.961. The third-order valence-corrected chi connectivity index (χ3v) is 3.98. The number of amides is 2. The van der Waals surface area contributed by atoms with E-state index in [-0.39, 0.29) is 23.5 Å². The van der Waals surface area contributed by atoms with E-state index in [9.17, 15) is 14.0 Å².